The van der Waals surface area contributed by atoms with E-state index in [1.165, 1.54) is 12.1 Å². The van der Waals surface area contributed by atoms with Gasteiger partial charge >= 0.3 is 0 Å². The van der Waals surface area contributed by atoms with Crippen LogP contribution >= 0.6 is 11.6 Å². The Morgan fingerprint density at radius 2 is 1.93 bits per heavy atom. The zero-order valence-corrected chi connectivity index (χ0v) is 23.8. The van der Waals surface area contributed by atoms with Crippen molar-refractivity contribution in [1.29, 1.82) is 0 Å². The lowest BCUT2D eigenvalue weighted by molar-refractivity contribution is -0.231. The van der Waals surface area contributed by atoms with Crippen LogP contribution in [0.3, 0.4) is 0 Å². The number of aromatic nitrogens is 4. The molecule has 0 spiro atoms. The molecule has 2 aliphatic heterocycles. The van der Waals surface area contributed by atoms with Crippen LogP contribution in [-0.2, 0) is 16.1 Å². The van der Waals surface area contributed by atoms with Gasteiger partial charge in [-0.15, -0.1) is 0 Å². The van der Waals surface area contributed by atoms with Gasteiger partial charge in [-0.1, -0.05) is 19.1 Å². The lowest BCUT2D eigenvalue weighted by Crippen LogP contribution is -2.63. The quantitative estimate of drug-likeness (QED) is 0.375. The first-order valence-corrected chi connectivity index (χ1v) is 15.0. The summed E-state index contributed by atoms with van der Waals surface area (Å²) in [5, 5.41) is 6.75. The van der Waals surface area contributed by atoms with E-state index in [-0.39, 0.29) is 34.3 Å². The van der Waals surface area contributed by atoms with E-state index in [4.69, 9.17) is 16.3 Å². The molecule has 8 nitrogen and oxygen atoms in total. The van der Waals surface area contributed by atoms with E-state index in [1.54, 1.807) is 18.5 Å². The van der Waals surface area contributed by atoms with Crippen LogP contribution in [0.25, 0.3) is 11.2 Å². The summed E-state index contributed by atoms with van der Waals surface area (Å²) in [6, 6.07) is 6.66. The van der Waals surface area contributed by atoms with E-state index in [0.29, 0.717) is 53.7 Å². The summed E-state index contributed by atoms with van der Waals surface area (Å²) in [5.41, 5.74) is 2.17. The summed E-state index contributed by atoms with van der Waals surface area (Å²) in [6.07, 6.45) is 9.58. The smallest absolute Gasteiger partial charge is 0.226 e. The van der Waals surface area contributed by atoms with E-state index < -0.39 is 0 Å². The minimum absolute atomic E-state index is 0.140. The van der Waals surface area contributed by atoms with Gasteiger partial charge in [0.15, 0.2) is 17.0 Å². The highest BCUT2D eigenvalue weighted by Crippen LogP contribution is 2.61. The molecule has 10 heteroatoms. The third-order valence-electron chi connectivity index (χ3n) is 10.6. The van der Waals surface area contributed by atoms with E-state index in [1.807, 2.05) is 4.57 Å². The van der Waals surface area contributed by atoms with Crippen molar-refractivity contribution in [1.82, 2.24) is 24.8 Å². The molecule has 40 heavy (non-hydrogen) atoms. The van der Waals surface area contributed by atoms with Crippen molar-refractivity contribution in [3.8, 4) is 0 Å². The molecule has 0 radical (unpaired) electrons. The molecule has 2 saturated heterocycles. The fourth-order valence-corrected chi connectivity index (χ4v) is 8.72. The first-order valence-electron chi connectivity index (χ1n) is 14.6. The first kappa shape index (κ1) is 26.1. The Bertz CT molecular complexity index is 1450. The molecule has 212 valence electrons. The fourth-order valence-electron chi connectivity index (χ4n) is 8.55. The number of carbonyl (C=O) groups excluding carboxylic acids is 1. The normalized spacial score (nSPS) is 35.4. The molecule has 4 fully saturated rings. The Kier molecular flexibility index (Phi) is 6.31. The summed E-state index contributed by atoms with van der Waals surface area (Å²) in [7, 11) is 0. The predicted molar refractivity (Wildman–Crippen MR) is 150 cm³/mol. The van der Waals surface area contributed by atoms with Crippen LogP contribution in [0.4, 0.5) is 10.2 Å². The number of rotatable bonds is 4. The molecular weight excluding hydrogens is 531 g/mol. The van der Waals surface area contributed by atoms with Gasteiger partial charge in [0, 0.05) is 19.0 Å². The van der Waals surface area contributed by atoms with Crippen molar-refractivity contribution in [2.75, 3.05) is 5.32 Å². The van der Waals surface area contributed by atoms with Crippen molar-refractivity contribution in [3.05, 3.63) is 47.3 Å². The molecule has 0 bridgehead atoms. The monoisotopic (exact) mass is 566 g/mol. The number of carbonyl (C=O) groups is 1. The predicted octanol–water partition coefficient (Wildman–Crippen LogP) is 6.02. The number of benzene rings is 1. The molecule has 2 N–H and O–H groups in total. The molecule has 7 atom stereocenters. The van der Waals surface area contributed by atoms with Crippen LogP contribution in [0.2, 0.25) is 5.28 Å². The number of piperidine rings is 1. The topological polar surface area (TPSA) is 94.0 Å². The van der Waals surface area contributed by atoms with Gasteiger partial charge < -0.3 is 15.4 Å². The molecule has 0 unspecified atom stereocenters. The largest absolute Gasteiger partial charge is 0.364 e. The van der Waals surface area contributed by atoms with Crippen molar-refractivity contribution in [2.24, 2.45) is 23.2 Å². The zero-order chi connectivity index (χ0) is 27.6. The Morgan fingerprint density at radius 3 is 2.75 bits per heavy atom. The van der Waals surface area contributed by atoms with E-state index in [2.05, 4.69) is 39.4 Å². The van der Waals surface area contributed by atoms with Gasteiger partial charge in [-0.2, -0.15) is 9.97 Å². The molecular formula is C30H36ClFN6O2. The molecule has 2 aromatic heterocycles. The summed E-state index contributed by atoms with van der Waals surface area (Å²) in [4.78, 5) is 25.7. The molecule has 1 amide bonds. The third-order valence-corrected chi connectivity index (χ3v) is 10.8. The second kappa shape index (κ2) is 9.65. The summed E-state index contributed by atoms with van der Waals surface area (Å²) in [5.74, 6) is 2.24. The second-order valence-corrected chi connectivity index (χ2v) is 13.1. The van der Waals surface area contributed by atoms with Crippen LogP contribution in [0.5, 0.6) is 0 Å². The molecule has 2 aliphatic carbocycles. The molecule has 3 aromatic rings. The van der Waals surface area contributed by atoms with Crippen molar-refractivity contribution >= 4 is 34.5 Å². The van der Waals surface area contributed by atoms with Gasteiger partial charge in [-0.25, -0.2) is 9.37 Å². The average molecular weight is 567 g/mol. The SMILES string of the molecule is C[C@]12CCC(=O)N[C@@H]1CC[C@@H]1[C@@H]2CC[C@]2(C)O[C@H](n3cnc4c(NCc5ccc(F)cc5)nc(Cl)nc43)CC[C@@H]12. The molecule has 1 aromatic carbocycles. The standard InChI is InChI=1S/C30H36ClFN6O2/c1-29-13-12-23(39)35-22(29)9-7-19-20(29)11-14-30(2)21(19)8-10-24(40-30)38-16-34-25-26(36-28(31)37-27(25)38)33-15-17-3-5-18(32)6-4-17/h3-6,16,19-22,24H,7-15H2,1-2H3,(H,35,39)(H,33,36,37)/t19-,20+,21+,22-,24+,29-,30+/m1/s1. The number of ether oxygens (including phenoxy) is 1. The lowest BCUT2D eigenvalue weighted by atomic mass is 9.48. The maximum atomic E-state index is 13.3. The van der Waals surface area contributed by atoms with Crippen LogP contribution in [-0.4, -0.2) is 37.1 Å². The second-order valence-electron chi connectivity index (χ2n) is 12.7. The van der Waals surface area contributed by atoms with Crippen LogP contribution in [0, 0.1) is 29.0 Å². The van der Waals surface area contributed by atoms with Gasteiger partial charge in [0.25, 0.3) is 0 Å². The number of halogens is 2. The Hall–Kier alpha value is -2.78. The van der Waals surface area contributed by atoms with Crippen molar-refractivity contribution < 1.29 is 13.9 Å². The summed E-state index contributed by atoms with van der Waals surface area (Å²) < 4.78 is 22.3. The Balaban J connectivity index is 1.11. The minimum atomic E-state index is -0.267. The summed E-state index contributed by atoms with van der Waals surface area (Å²) >= 11 is 6.37. The third kappa shape index (κ3) is 4.28. The number of fused-ring (bicyclic) bond motifs is 6. The Labute approximate surface area is 238 Å². The van der Waals surface area contributed by atoms with Gasteiger partial charge in [0.2, 0.25) is 11.2 Å². The zero-order valence-electron chi connectivity index (χ0n) is 23.0. The van der Waals surface area contributed by atoms with Crippen LogP contribution in [0.1, 0.15) is 77.0 Å². The number of nitrogens with one attached hydrogen (secondary N) is 2. The highest BCUT2D eigenvalue weighted by Gasteiger charge is 2.59. The van der Waals surface area contributed by atoms with E-state index in [0.717, 1.165) is 50.5 Å². The highest BCUT2D eigenvalue weighted by atomic mass is 35.5. The molecule has 4 aliphatic rings. The number of imidazole rings is 1. The van der Waals surface area contributed by atoms with Crippen molar-refractivity contribution in [2.45, 2.75) is 89.6 Å². The van der Waals surface area contributed by atoms with E-state index >= 15 is 0 Å². The summed E-state index contributed by atoms with van der Waals surface area (Å²) in [6.45, 7) is 5.18. The maximum Gasteiger partial charge on any atom is 0.226 e. The van der Waals surface area contributed by atoms with Crippen LogP contribution in [0.15, 0.2) is 30.6 Å². The van der Waals surface area contributed by atoms with Crippen molar-refractivity contribution in [3.63, 3.8) is 0 Å². The number of amides is 1. The Morgan fingerprint density at radius 1 is 1.10 bits per heavy atom. The first-order chi connectivity index (χ1) is 19.2. The number of nitrogens with zero attached hydrogens (tertiary/aromatic N) is 4. The molecule has 7 rings (SSSR count). The average Bonchev–Trinajstić information content (AvgIpc) is 3.36. The van der Waals surface area contributed by atoms with Crippen LogP contribution < -0.4 is 10.6 Å². The van der Waals surface area contributed by atoms with Gasteiger partial charge in [-0.05, 0) is 104 Å². The highest BCUT2D eigenvalue weighted by molar-refractivity contribution is 6.28. The minimum Gasteiger partial charge on any atom is -0.364 e. The van der Waals surface area contributed by atoms with Gasteiger partial charge in [-0.3, -0.25) is 9.36 Å². The molecule has 4 heterocycles. The van der Waals surface area contributed by atoms with Gasteiger partial charge in [0.1, 0.15) is 12.0 Å². The number of anilines is 1. The molecule has 2 saturated carbocycles. The van der Waals surface area contributed by atoms with E-state index in [9.17, 15) is 9.18 Å². The van der Waals surface area contributed by atoms with Gasteiger partial charge in [0.05, 0.1) is 11.9 Å². The fraction of sp³-hybridized carbons (Fsp3) is 0.600. The maximum absolute atomic E-state index is 13.3. The number of hydrogen-bond acceptors (Lipinski definition) is 6. The number of hydrogen-bond donors (Lipinski definition) is 2. The lowest BCUT2D eigenvalue weighted by Gasteiger charge is -2.62.